The van der Waals surface area contributed by atoms with Gasteiger partial charge in [0.25, 0.3) is 5.69 Å². The average Bonchev–Trinajstić information content (AvgIpc) is 2.55. The summed E-state index contributed by atoms with van der Waals surface area (Å²) in [5.41, 5.74) is 1.14. The molecule has 2 N–H and O–H groups in total. The van der Waals surface area contributed by atoms with Crippen molar-refractivity contribution in [3.05, 3.63) is 69.8 Å². The Bertz CT molecular complexity index is 788. The number of carboxylic acids is 1. The van der Waals surface area contributed by atoms with Gasteiger partial charge < -0.3 is 10.4 Å². The SMILES string of the molecule is CC(Cc1cccc([N+](=O)[O-])c1)C(=O)Nc1cccc(C(=O)O)c1. The molecule has 0 radical (unpaired) electrons. The summed E-state index contributed by atoms with van der Waals surface area (Å²) in [6.07, 6.45) is 0.339. The number of nitro benzene ring substituents is 1. The van der Waals surface area contributed by atoms with E-state index in [1.165, 1.54) is 24.3 Å². The highest BCUT2D eigenvalue weighted by molar-refractivity contribution is 5.94. The van der Waals surface area contributed by atoms with Gasteiger partial charge in [0, 0.05) is 23.7 Å². The lowest BCUT2D eigenvalue weighted by Gasteiger charge is -2.12. The summed E-state index contributed by atoms with van der Waals surface area (Å²) in [7, 11) is 0. The molecule has 0 spiro atoms. The molecule has 2 rings (SSSR count). The Labute approximate surface area is 138 Å². The van der Waals surface area contributed by atoms with Gasteiger partial charge in [0.2, 0.25) is 5.91 Å². The number of nitro groups is 1. The van der Waals surface area contributed by atoms with E-state index in [0.717, 1.165) is 0 Å². The number of benzene rings is 2. The van der Waals surface area contributed by atoms with Crippen molar-refractivity contribution in [1.82, 2.24) is 0 Å². The third kappa shape index (κ3) is 4.39. The molecule has 0 aromatic heterocycles. The highest BCUT2D eigenvalue weighted by Gasteiger charge is 2.16. The van der Waals surface area contributed by atoms with Crippen LogP contribution in [0.2, 0.25) is 0 Å². The second-order valence-electron chi connectivity index (χ2n) is 5.41. The number of nitrogens with one attached hydrogen (secondary N) is 1. The Morgan fingerprint density at radius 3 is 2.58 bits per heavy atom. The number of carbonyl (C=O) groups excluding carboxylic acids is 1. The number of carboxylic acid groups (broad SMARTS) is 1. The lowest BCUT2D eigenvalue weighted by Crippen LogP contribution is -2.22. The molecule has 1 amide bonds. The number of nitrogens with zero attached hydrogens (tertiary/aromatic N) is 1. The van der Waals surface area contributed by atoms with Gasteiger partial charge in [-0.25, -0.2) is 4.79 Å². The van der Waals surface area contributed by atoms with Crippen LogP contribution in [0, 0.1) is 16.0 Å². The first-order valence-corrected chi connectivity index (χ1v) is 7.24. The molecule has 2 aromatic carbocycles. The number of hydrogen-bond donors (Lipinski definition) is 2. The highest BCUT2D eigenvalue weighted by Crippen LogP contribution is 2.18. The topological polar surface area (TPSA) is 110 Å². The van der Waals surface area contributed by atoms with Gasteiger partial charge in [0.1, 0.15) is 0 Å². The van der Waals surface area contributed by atoms with Crippen molar-refractivity contribution in [2.75, 3.05) is 5.32 Å². The monoisotopic (exact) mass is 328 g/mol. The third-order valence-corrected chi connectivity index (χ3v) is 3.49. The van der Waals surface area contributed by atoms with E-state index in [2.05, 4.69) is 5.32 Å². The molecule has 0 saturated heterocycles. The van der Waals surface area contributed by atoms with E-state index in [1.807, 2.05) is 0 Å². The van der Waals surface area contributed by atoms with Crippen LogP contribution in [0.3, 0.4) is 0 Å². The van der Waals surface area contributed by atoms with Crippen LogP contribution in [0.25, 0.3) is 0 Å². The molecule has 124 valence electrons. The fraction of sp³-hybridized carbons (Fsp3) is 0.176. The summed E-state index contributed by atoms with van der Waals surface area (Å²) in [5, 5.41) is 22.4. The molecule has 1 unspecified atom stereocenters. The fourth-order valence-electron chi connectivity index (χ4n) is 2.24. The molecule has 0 saturated carbocycles. The summed E-state index contributed by atoms with van der Waals surface area (Å²) >= 11 is 0. The standard InChI is InChI=1S/C17H16N2O5/c1-11(8-12-4-2-7-15(9-12)19(23)24)16(20)18-14-6-3-5-13(10-14)17(21)22/h2-7,9-11H,8H2,1H3,(H,18,20)(H,21,22). The molecule has 24 heavy (non-hydrogen) atoms. The Kier molecular flexibility index (Phi) is 5.26. The number of carbonyl (C=O) groups is 2. The van der Waals surface area contributed by atoms with Gasteiger partial charge in [-0.2, -0.15) is 0 Å². The van der Waals surface area contributed by atoms with Gasteiger partial charge >= 0.3 is 5.97 Å². The lowest BCUT2D eigenvalue weighted by atomic mass is 10.00. The number of amides is 1. The van der Waals surface area contributed by atoms with E-state index in [1.54, 1.807) is 31.2 Å². The predicted molar refractivity (Wildman–Crippen MR) is 88.0 cm³/mol. The van der Waals surface area contributed by atoms with Gasteiger partial charge in [-0.1, -0.05) is 25.1 Å². The second-order valence-corrected chi connectivity index (χ2v) is 5.41. The Hall–Kier alpha value is -3.22. The minimum Gasteiger partial charge on any atom is -0.478 e. The van der Waals surface area contributed by atoms with Gasteiger partial charge in [-0.15, -0.1) is 0 Å². The highest BCUT2D eigenvalue weighted by atomic mass is 16.6. The molecular formula is C17H16N2O5. The largest absolute Gasteiger partial charge is 0.478 e. The Balaban J connectivity index is 2.04. The summed E-state index contributed by atoms with van der Waals surface area (Å²) in [6.45, 7) is 1.70. The van der Waals surface area contributed by atoms with Gasteiger partial charge in [-0.3, -0.25) is 14.9 Å². The van der Waals surface area contributed by atoms with Crippen LogP contribution >= 0.6 is 0 Å². The summed E-state index contributed by atoms with van der Waals surface area (Å²) < 4.78 is 0. The maximum atomic E-state index is 12.2. The van der Waals surface area contributed by atoms with Gasteiger partial charge in [0.15, 0.2) is 0 Å². The molecule has 0 aliphatic rings. The van der Waals surface area contributed by atoms with E-state index < -0.39 is 16.8 Å². The molecule has 0 fully saturated rings. The quantitative estimate of drug-likeness (QED) is 0.625. The minimum absolute atomic E-state index is 0.0192. The van der Waals surface area contributed by atoms with Crippen molar-refractivity contribution in [3.63, 3.8) is 0 Å². The maximum Gasteiger partial charge on any atom is 0.335 e. The first-order chi connectivity index (χ1) is 11.4. The first-order valence-electron chi connectivity index (χ1n) is 7.24. The third-order valence-electron chi connectivity index (χ3n) is 3.49. The molecule has 1 atom stereocenters. The normalized spacial score (nSPS) is 11.5. The van der Waals surface area contributed by atoms with E-state index in [-0.39, 0.29) is 17.2 Å². The summed E-state index contributed by atoms with van der Waals surface area (Å²) in [6, 6.07) is 12.1. The molecular weight excluding hydrogens is 312 g/mol. The van der Waals surface area contributed by atoms with Crippen LogP contribution in [-0.4, -0.2) is 21.9 Å². The number of non-ortho nitro benzene ring substituents is 1. The van der Waals surface area contributed by atoms with Crippen LogP contribution in [0.4, 0.5) is 11.4 Å². The van der Waals surface area contributed by atoms with Crippen LogP contribution in [-0.2, 0) is 11.2 Å². The average molecular weight is 328 g/mol. The summed E-state index contributed by atoms with van der Waals surface area (Å²) in [5.74, 6) is -1.79. The van der Waals surface area contributed by atoms with E-state index >= 15 is 0 Å². The fourth-order valence-corrected chi connectivity index (χ4v) is 2.24. The van der Waals surface area contributed by atoms with Crippen LogP contribution < -0.4 is 5.32 Å². The second kappa shape index (κ2) is 7.36. The van der Waals surface area contributed by atoms with E-state index in [0.29, 0.717) is 17.7 Å². The minimum atomic E-state index is -1.07. The first kappa shape index (κ1) is 17.1. The van der Waals surface area contributed by atoms with Crippen molar-refractivity contribution < 1.29 is 19.6 Å². The Morgan fingerprint density at radius 2 is 1.92 bits per heavy atom. The van der Waals surface area contributed by atoms with E-state index in [4.69, 9.17) is 5.11 Å². The van der Waals surface area contributed by atoms with Crippen LogP contribution in [0.1, 0.15) is 22.8 Å². The molecule has 0 bridgehead atoms. The zero-order valence-corrected chi connectivity index (χ0v) is 12.9. The van der Waals surface area contributed by atoms with Crippen molar-refractivity contribution in [1.29, 1.82) is 0 Å². The number of aromatic carboxylic acids is 1. The lowest BCUT2D eigenvalue weighted by molar-refractivity contribution is -0.384. The summed E-state index contributed by atoms with van der Waals surface area (Å²) in [4.78, 5) is 33.5. The predicted octanol–water partition coefficient (Wildman–Crippen LogP) is 3.11. The molecule has 7 heteroatoms. The van der Waals surface area contributed by atoms with E-state index in [9.17, 15) is 19.7 Å². The van der Waals surface area contributed by atoms with Crippen molar-refractivity contribution in [3.8, 4) is 0 Å². The van der Waals surface area contributed by atoms with Crippen molar-refractivity contribution in [2.45, 2.75) is 13.3 Å². The van der Waals surface area contributed by atoms with Crippen molar-refractivity contribution in [2.24, 2.45) is 5.92 Å². The number of hydrogen-bond acceptors (Lipinski definition) is 4. The molecule has 0 aliphatic heterocycles. The Morgan fingerprint density at radius 1 is 1.21 bits per heavy atom. The zero-order chi connectivity index (χ0) is 17.7. The van der Waals surface area contributed by atoms with Crippen LogP contribution in [0.5, 0.6) is 0 Å². The molecule has 7 nitrogen and oxygen atoms in total. The maximum absolute atomic E-state index is 12.2. The van der Waals surface area contributed by atoms with Crippen molar-refractivity contribution >= 4 is 23.3 Å². The van der Waals surface area contributed by atoms with Crippen LogP contribution in [0.15, 0.2) is 48.5 Å². The number of anilines is 1. The number of rotatable bonds is 6. The van der Waals surface area contributed by atoms with Gasteiger partial charge in [-0.05, 0) is 30.2 Å². The van der Waals surface area contributed by atoms with Gasteiger partial charge in [0.05, 0.1) is 10.5 Å². The zero-order valence-electron chi connectivity index (χ0n) is 12.9. The molecule has 2 aromatic rings. The molecule has 0 heterocycles. The smallest absolute Gasteiger partial charge is 0.335 e. The molecule has 0 aliphatic carbocycles.